The molecule has 8 heteroatoms. The van der Waals surface area contributed by atoms with E-state index in [1.54, 1.807) is 17.5 Å². The van der Waals surface area contributed by atoms with Crippen molar-refractivity contribution in [3.05, 3.63) is 52.7 Å². The van der Waals surface area contributed by atoms with Crippen molar-refractivity contribution in [1.29, 1.82) is 0 Å². The standard InChI is InChI=1S/C20H21F3N2O2S/c21-13-8-17(22)16(18(23)9-13)10-25(19-2-1-5-28-19)20(26)27-11-12-6-14-3-4-15(7-12)24-14/h1-2,5,8-9,12,14-15,24H,3-4,6-7,10-11H2. The highest BCUT2D eigenvalue weighted by molar-refractivity contribution is 7.14. The van der Waals surface area contributed by atoms with Gasteiger partial charge in [-0.25, -0.2) is 18.0 Å². The van der Waals surface area contributed by atoms with Crippen LogP contribution in [-0.2, 0) is 11.3 Å². The molecule has 0 aliphatic carbocycles. The van der Waals surface area contributed by atoms with Crippen LogP contribution in [0.2, 0.25) is 0 Å². The van der Waals surface area contributed by atoms with Crippen LogP contribution in [0, 0.1) is 23.4 Å². The number of ether oxygens (including phenoxy) is 1. The van der Waals surface area contributed by atoms with Crippen molar-refractivity contribution < 1.29 is 22.7 Å². The number of carbonyl (C=O) groups is 1. The summed E-state index contributed by atoms with van der Waals surface area (Å²) in [7, 11) is 0. The van der Waals surface area contributed by atoms with Gasteiger partial charge in [0.05, 0.1) is 13.2 Å². The number of thiophene rings is 1. The summed E-state index contributed by atoms with van der Waals surface area (Å²) in [4.78, 5) is 13.9. The van der Waals surface area contributed by atoms with E-state index in [1.165, 1.54) is 16.2 Å². The molecule has 1 aromatic carbocycles. The minimum absolute atomic E-state index is 0.282. The molecule has 2 aliphatic heterocycles. The van der Waals surface area contributed by atoms with Gasteiger partial charge in [-0.15, -0.1) is 11.3 Å². The van der Waals surface area contributed by atoms with Crippen LogP contribution in [0.15, 0.2) is 29.6 Å². The molecule has 2 saturated heterocycles. The van der Waals surface area contributed by atoms with E-state index in [-0.39, 0.29) is 24.6 Å². The monoisotopic (exact) mass is 410 g/mol. The molecule has 2 aromatic rings. The predicted molar refractivity (Wildman–Crippen MR) is 101 cm³/mol. The average Bonchev–Trinajstić information content (AvgIpc) is 3.29. The van der Waals surface area contributed by atoms with Crippen molar-refractivity contribution >= 4 is 22.4 Å². The third-order valence-corrected chi connectivity index (χ3v) is 6.32. The number of benzene rings is 1. The number of hydrogen-bond acceptors (Lipinski definition) is 4. The summed E-state index contributed by atoms with van der Waals surface area (Å²) >= 11 is 1.26. The Hall–Kier alpha value is -2.06. The van der Waals surface area contributed by atoms with Crippen LogP contribution in [0.25, 0.3) is 0 Å². The highest BCUT2D eigenvalue weighted by Gasteiger charge is 2.34. The van der Waals surface area contributed by atoms with Crippen LogP contribution in [0.1, 0.15) is 31.2 Å². The maximum absolute atomic E-state index is 14.1. The summed E-state index contributed by atoms with van der Waals surface area (Å²) in [5, 5.41) is 5.81. The largest absolute Gasteiger partial charge is 0.449 e. The van der Waals surface area contributed by atoms with Crippen LogP contribution in [0.5, 0.6) is 0 Å². The number of piperidine rings is 1. The Morgan fingerprint density at radius 3 is 2.46 bits per heavy atom. The molecule has 2 bridgehead atoms. The highest BCUT2D eigenvalue weighted by Crippen LogP contribution is 2.32. The first-order valence-electron chi connectivity index (χ1n) is 9.37. The first-order valence-corrected chi connectivity index (χ1v) is 10.2. The summed E-state index contributed by atoms with van der Waals surface area (Å²) in [6.45, 7) is -0.0848. The van der Waals surface area contributed by atoms with Gasteiger partial charge in [-0.05, 0) is 49.1 Å². The van der Waals surface area contributed by atoms with Crippen molar-refractivity contribution in [3.63, 3.8) is 0 Å². The molecule has 2 atom stereocenters. The molecule has 0 saturated carbocycles. The van der Waals surface area contributed by atoms with E-state index in [9.17, 15) is 18.0 Å². The average molecular weight is 410 g/mol. The fourth-order valence-corrected chi connectivity index (χ4v) is 4.84. The lowest BCUT2D eigenvalue weighted by molar-refractivity contribution is 0.116. The zero-order chi connectivity index (χ0) is 19.7. The molecule has 1 aromatic heterocycles. The molecule has 2 unspecified atom stereocenters. The quantitative estimate of drug-likeness (QED) is 0.767. The van der Waals surface area contributed by atoms with Gasteiger partial charge in [-0.2, -0.15) is 0 Å². The number of rotatable bonds is 5. The summed E-state index contributed by atoms with van der Waals surface area (Å²) in [5.41, 5.74) is -0.369. The van der Waals surface area contributed by atoms with E-state index in [4.69, 9.17) is 4.74 Å². The molecule has 4 nitrogen and oxygen atoms in total. The Morgan fingerprint density at radius 1 is 1.18 bits per heavy atom. The molecule has 150 valence electrons. The second-order valence-electron chi connectivity index (χ2n) is 7.44. The molecule has 2 aliphatic rings. The van der Waals surface area contributed by atoms with E-state index in [0.717, 1.165) is 25.7 Å². The van der Waals surface area contributed by atoms with Gasteiger partial charge in [-0.1, -0.05) is 0 Å². The van der Waals surface area contributed by atoms with Crippen molar-refractivity contribution in [2.24, 2.45) is 5.92 Å². The van der Waals surface area contributed by atoms with Crippen molar-refractivity contribution in [2.75, 3.05) is 11.5 Å². The molecule has 1 N–H and O–H groups in total. The number of carbonyl (C=O) groups excluding carboxylic acids is 1. The smallest absolute Gasteiger partial charge is 0.415 e. The molecule has 0 radical (unpaired) electrons. The van der Waals surface area contributed by atoms with E-state index < -0.39 is 23.5 Å². The van der Waals surface area contributed by atoms with E-state index in [1.807, 2.05) is 0 Å². The van der Waals surface area contributed by atoms with Crippen molar-refractivity contribution in [3.8, 4) is 0 Å². The number of halogens is 3. The van der Waals surface area contributed by atoms with Crippen LogP contribution < -0.4 is 10.2 Å². The Kier molecular flexibility index (Phi) is 5.59. The highest BCUT2D eigenvalue weighted by atomic mass is 32.1. The number of nitrogens with zero attached hydrogens (tertiary/aromatic N) is 1. The van der Waals surface area contributed by atoms with E-state index in [2.05, 4.69) is 5.32 Å². The van der Waals surface area contributed by atoms with Gasteiger partial charge in [0.1, 0.15) is 22.5 Å². The topological polar surface area (TPSA) is 41.6 Å². The van der Waals surface area contributed by atoms with Gasteiger partial charge in [0.2, 0.25) is 0 Å². The molecule has 28 heavy (non-hydrogen) atoms. The fourth-order valence-electron chi connectivity index (χ4n) is 4.12. The Balaban J connectivity index is 1.46. The summed E-state index contributed by atoms with van der Waals surface area (Å²) < 4.78 is 46.9. The fraction of sp³-hybridized carbons (Fsp3) is 0.450. The number of amides is 1. The Labute approximate surface area is 165 Å². The lowest BCUT2D eigenvalue weighted by Crippen LogP contribution is -2.40. The van der Waals surface area contributed by atoms with Crippen molar-refractivity contribution in [2.45, 2.75) is 44.3 Å². The maximum Gasteiger partial charge on any atom is 0.415 e. The third kappa shape index (κ3) is 4.17. The number of nitrogens with one attached hydrogen (secondary N) is 1. The maximum atomic E-state index is 14.1. The third-order valence-electron chi connectivity index (χ3n) is 5.43. The van der Waals surface area contributed by atoms with Gasteiger partial charge < -0.3 is 10.1 Å². The number of fused-ring (bicyclic) bond motifs is 2. The normalized spacial score (nSPS) is 23.6. The summed E-state index contributed by atoms with van der Waals surface area (Å²) in [6.07, 6.45) is 3.57. The molecule has 1 amide bonds. The van der Waals surface area contributed by atoms with Crippen LogP contribution >= 0.6 is 11.3 Å². The first kappa shape index (κ1) is 19.3. The van der Waals surface area contributed by atoms with Gasteiger partial charge in [0, 0.05) is 29.8 Å². The second kappa shape index (κ2) is 8.13. The van der Waals surface area contributed by atoms with Gasteiger partial charge in [-0.3, -0.25) is 4.90 Å². The number of anilines is 1. The van der Waals surface area contributed by atoms with Crippen LogP contribution in [0.3, 0.4) is 0 Å². The summed E-state index contributed by atoms with van der Waals surface area (Å²) in [5.74, 6) is -2.76. The molecule has 3 heterocycles. The van der Waals surface area contributed by atoms with Gasteiger partial charge in [0.25, 0.3) is 0 Å². The van der Waals surface area contributed by atoms with Crippen LogP contribution in [-0.4, -0.2) is 24.8 Å². The predicted octanol–water partition coefficient (Wildman–Crippen LogP) is 4.84. The zero-order valence-corrected chi connectivity index (χ0v) is 16.0. The van der Waals surface area contributed by atoms with Crippen molar-refractivity contribution in [1.82, 2.24) is 5.32 Å². The molecule has 2 fully saturated rings. The SMILES string of the molecule is O=C(OCC1CC2CCC(C1)N2)N(Cc1c(F)cc(F)cc1F)c1cccs1. The first-order chi connectivity index (χ1) is 13.5. The van der Waals surface area contributed by atoms with Gasteiger partial charge >= 0.3 is 6.09 Å². The number of hydrogen-bond donors (Lipinski definition) is 1. The molecule has 4 rings (SSSR count). The molecular weight excluding hydrogens is 389 g/mol. The Bertz CT molecular complexity index is 811. The molecule has 0 spiro atoms. The van der Waals surface area contributed by atoms with E-state index >= 15 is 0 Å². The lowest BCUT2D eigenvalue weighted by atomic mass is 9.93. The molecular formula is C20H21F3N2O2S. The zero-order valence-electron chi connectivity index (χ0n) is 15.2. The summed E-state index contributed by atoms with van der Waals surface area (Å²) in [6, 6.07) is 5.61. The minimum atomic E-state index is -1.03. The van der Waals surface area contributed by atoms with Crippen LogP contribution in [0.4, 0.5) is 23.0 Å². The second-order valence-corrected chi connectivity index (χ2v) is 8.36. The Morgan fingerprint density at radius 2 is 1.86 bits per heavy atom. The van der Waals surface area contributed by atoms with E-state index in [0.29, 0.717) is 29.2 Å². The minimum Gasteiger partial charge on any atom is -0.449 e. The van der Waals surface area contributed by atoms with Gasteiger partial charge in [0.15, 0.2) is 0 Å². The lowest BCUT2D eigenvalue weighted by Gasteiger charge is -2.29.